The van der Waals surface area contributed by atoms with Crippen LogP contribution < -0.4 is 25.5 Å². The fourth-order valence-corrected chi connectivity index (χ4v) is 4.83. The van der Waals surface area contributed by atoms with E-state index in [2.05, 4.69) is 22.5 Å². The predicted octanol–water partition coefficient (Wildman–Crippen LogP) is 2.10. The molecular formula is C25H34N4O5. The van der Waals surface area contributed by atoms with Gasteiger partial charge in [-0.3, -0.25) is 19.3 Å². The summed E-state index contributed by atoms with van der Waals surface area (Å²) in [4.78, 5) is 41.8. The summed E-state index contributed by atoms with van der Waals surface area (Å²) < 4.78 is 12.7. The van der Waals surface area contributed by atoms with Crippen molar-refractivity contribution in [3.05, 3.63) is 34.1 Å². The van der Waals surface area contributed by atoms with Crippen molar-refractivity contribution in [2.45, 2.75) is 59.2 Å². The number of nitrogens with zero attached hydrogens (tertiary/aromatic N) is 2. The zero-order valence-corrected chi connectivity index (χ0v) is 20.3. The summed E-state index contributed by atoms with van der Waals surface area (Å²) in [6, 6.07) is 2.96. The number of benzene rings is 1. The number of nitrogens with one attached hydrogen (secondary N) is 2. The average molecular weight is 471 g/mol. The number of likely N-dealkylation sites (N-methyl/N-ethyl adjacent to an activating group) is 1. The van der Waals surface area contributed by atoms with E-state index in [0.29, 0.717) is 41.5 Å². The molecule has 1 fully saturated rings. The molecule has 0 saturated carbocycles. The SMILES string of the molecule is CCN1CCCC1CNC(=O)C(NC(=O)c1cn(CC)c2cc3c(cc2c1=O)OCO3)C(C)C. The van der Waals surface area contributed by atoms with Crippen LogP contribution in [0.1, 0.15) is 50.9 Å². The lowest BCUT2D eigenvalue weighted by molar-refractivity contribution is -0.124. The third-order valence-electron chi connectivity index (χ3n) is 6.81. The van der Waals surface area contributed by atoms with Crippen LogP contribution in [-0.4, -0.2) is 59.8 Å². The Morgan fingerprint density at radius 2 is 1.88 bits per heavy atom. The van der Waals surface area contributed by atoms with Gasteiger partial charge < -0.3 is 24.7 Å². The Bertz CT molecular complexity index is 1140. The molecule has 2 unspecified atom stereocenters. The smallest absolute Gasteiger partial charge is 0.257 e. The number of carbonyl (C=O) groups is 2. The maximum absolute atomic E-state index is 13.3. The lowest BCUT2D eigenvalue weighted by Gasteiger charge is -2.26. The van der Waals surface area contributed by atoms with E-state index in [0.717, 1.165) is 25.9 Å². The summed E-state index contributed by atoms with van der Waals surface area (Å²) in [6.07, 6.45) is 3.73. The Hall–Kier alpha value is -3.07. The van der Waals surface area contributed by atoms with E-state index in [1.165, 1.54) is 0 Å². The van der Waals surface area contributed by atoms with Crippen LogP contribution in [0.4, 0.5) is 0 Å². The minimum absolute atomic E-state index is 0.000355. The van der Waals surface area contributed by atoms with Gasteiger partial charge in [-0.1, -0.05) is 20.8 Å². The summed E-state index contributed by atoms with van der Waals surface area (Å²) in [5.41, 5.74) is 0.270. The topological polar surface area (TPSA) is 102 Å². The average Bonchev–Trinajstić information content (AvgIpc) is 3.48. The van der Waals surface area contributed by atoms with E-state index in [4.69, 9.17) is 9.47 Å². The molecule has 2 amide bonds. The van der Waals surface area contributed by atoms with Crippen molar-refractivity contribution in [3.8, 4) is 11.5 Å². The molecule has 4 rings (SSSR count). The molecule has 9 nitrogen and oxygen atoms in total. The quantitative estimate of drug-likeness (QED) is 0.613. The first kappa shape index (κ1) is 24.1. The molecule has 2 N–H and O–H groups in total. The maximum atomic E-state index is 13.3. The number of aromatic nitrogens is 1. The molecule has 0 radical (unpaired) electrons. The third-order valence-corrected chi connectivity index (χ3v) is 6.81. The minimum Gasteiger partial charge on any atom is -0.454 e. The zero-order valence-electron chi connectivity index (χ0n) is 20.3. The Morgan fingerprint density at radius 3 is 2.56 bits per heavy atom. The Morgan fingerprint density at radius 1 is 1.15 bits per heavy atom. The second kappa shape index (κ2) is 10.0. The zero-order chi connectivity index (χ0) is 24.4. The van der Waals surface area contributed by atoms with Gasteiger partial charge in [-0.2, -0.15) is 0 Å². The maximum Gasteiger partial charge on any atom is 0.257 e. The molecule has 184 valence electrons. The molecule has 1 aromatic heterocycles. The first-order valence-corrected chi connectivity index (χ1v) is 12.1. The highest BCUT2D eigenvalue weighted by atomic mass is 16.7. The van der Waals surface area contributed by atoms with Crippen LogP contribution in [0.5, 0.6) is 11.5 Å². The van der Waals surface area contributed by atoms with E-state index in [1.54, 1.807) is 18.3 Å². The van der Waals surface area contributed by atoms with E-state index in [1.807, 2.05) is 25.3 Å². The van der Waals surface area contributed by atoms with Gasteiger partial charge in [0.2, 0.25) is 18.1 Å². The van der Waals surface area contributed by atoms with Gasteiger partial charge in [0, 0.05) is 31.4 Å². The van der Waals surface area contributed by atoms with Crippen molar-refractivity contribution in [1.29, 1.82) is 0 Å². The molecule has 2 aromatic rings. The van der Waals surface area contributed by atoms with Crippen molar-refractivity contribution >= 4 is 22.7 Å². The van der Waals surface area contributed by atoms with Gasteiger partial charge in [-0.05, 0) is 44.8 Å². The number of carbonyl (C=O) groups excluding carboxylic acids is 2. The number of pyridine rings is 1. The Kier molecular flexibility index (Phi) is 7.11. The van der Waals surface area contributed by atoms with Crippen molar-refractivity contribution in [2.24, 2.45) is 5.92 Å². The monoisotopic (exact) mass is 470 g/mol. The third kappa shape index (κ3) is 4.61. The van der Waals surface area contributed by atoms with E-state index in [9.17, 15) is 14.4 Å². The highest BCUT2D eigenvalue weighted by Crippen LogP contribution is 2.35. The van der Waals surface area contributed by atoms with Crippen LogP contribution >= 0.6 is 0 Å². The largest absolute Gasteiger partial charge is 0.454 e. The molecule has 0 spiro atoms. The number of hydrogen-bond donors (Lipinski definition) is 2. The van der Waals surface area contributed by atoms with Crippen LogP contribution in [0.25, 0.3) is 10.9 Å². The van der Waals surface area contributed by atoms with Gasteiger partial charge in [0.1, 0.15) is 11.6 Å². The molecule has 2 aliphatic heterocycles. The number of fused-ring (bicyclic) bond motifs is 2. The van der Waals surface area contributed by atoms with Gasteiger partial charge in [-0.25, -0.2) is 0 Å². The number of amides is 2. The van der Waals surface area contributed by atoms with E-state index >= 15 is 0 Å². The summed E-state index contributed by atoms with van der Waals surface area (Å²) in [7, 11) is 0. The summed E-state index contributed by atoms with van der Waals surface area (Å²) in [5, 5.41) is 6.20. The highest BCUT2D eigenvalue weighted by molar-refractivity contribution is 6.00. The van der Waals surface area contributed by atoms with Gasteiger partial charge >= 0.3 is 0 Å². The number of aryl methyl sites for hydroxylation is 1. The van der Waals surface area contributed by atoms with Crippen LogP contribution in [0.2, 0.25) is 0 Å². The van der Waals surface area contributed by atoms with E-state index < -0.39 is 17.4 Å². The Labute approximate surface area is 199 Å². The van der Waals surface area contributed by atoms with Gasteiger partial charge in [0.05, 0.1) is 10.9 Å². The number of ether oxygens (including phenoxy) is 2. The Balaban J connectivity index is 1.55. The lowest BCUT2D eigenvalue weighted by atomic mass is 10.0. The molecular weight excluding hydrogens is 436 g/mol. The highest BCUT2D eigenvalue weighted by Gasteiger charge is 2.29. The van der Waals surface area contributed by atoms with Crippen molar-refractivity contribution in [1.82, 2.24) is 20.1 Å². The molecule has 1 aromatic carbocycles. The number of hydrogen-bond acceptors (Lipinski definition) is 6. The molecule has 0 aliphatic carbocycles. The first-order valence-electron chi connectivity index (χ1n) is 12.1. The van der Waals surface area contributed by atoms with Crippen LogP contribution in [0, 0.1) is 5.92 Å². The van der Waals surface area contributed by atoms with Crippen molar-refractivity contribution in [3.63, 3.8) is 0 Å². The van der Waals surface area contributed by atoms with Crippen molar-refractivity contribution in [2.75, 3.05) is 26.4 Å². The second-order valence-corrected chi connectivity index (χ2v) is 9.25. The standard InChI is InChI=1S/C25H34N4O5/c1-5-28-9-7-8-16(28)12-26-25(32)22(15(3)4)27-24(31)18-13-29(6-2)19-11-21-20(33-14-34-21)10-17(19)23(18)30/h10-11,13,15-16,22H,5-9,12,14H2,1-4H3,(H,26,32)(H,27,31). The number of likely N-dealkylation sites (tertiary alicyclic amines) is 1. The fraction of sp³-hybridized carbons (Fsp3) is 0.560. The van der Waals surface area contributed by atoms with Crippen LogP contribution in [0.3, 0.4) is 0 Å². The lowest BCUT2D eigenvalue weighted by Crippen LogP contribution is -2.52. The molecule has 3 heterocycles. The van der Waals surface area contributed by atoms with Gasteiger partial charge in [-0.15, -0.1) is 0 Å². The summed E-state index contributed by atoms with van der Waals surface area (Å²) in [5.74, 6) is 0.129. The summed E-state index contributed by atoms with van der Waals surface area (Å²) >= 11 is 0. The van der Waals surface area contributed by atoms with Crippen molar-refractivity contribution < 1.29 is 19.1 Å². The van der Waals surface area contributed by atoms with Gasteiger partial charge in [0.25, 0.3) is 5.91 Å². The molecule has 9 heteroatoms. The molecule has 34 heavy (non-hydrogen) atoms. The second-order valence-electron chi connectivity index (χ2n) is 9.25. The van der Waals surface area contributed by atoms with E-state index in [-0.39, 0.29) is 24.2 Å². The number of rotatable bonds is 8. The van der Waals surface area contributed by atoms with Gasteiger partial charge in [0.15, 0.2) is 11.5 Å². The van der Waals surface area contributed by atoms with Crippen LogP contribution in [0.15, 0.2) is 23.1 Å². The molecule has 2 atom stereocenters. The predicted molar refractivity (Wildman–Crippen MR) is 129 cm³/mol. The first-order chi connectivity index (χ1) is 16.3. The normalized spacial score (nSPS) is 18.4. The van der Waals surface area contributed by atoms with Crippen LogP contribution in [-0.2, 0) is 11.3 Å². The molecule has 2 aliphatic rings. The summed E-state index contributed by atoms with van der Waals surface area (Å²) in [6.45, 7) is 11.0. The molecule has 0 bridgehead atoms. The fourth-order valence-electron chi connectivity index (χ4n) is 4.83. The molecule has 1 saturated heterocycles. The minimum atomic E-state index is -0.745.